The molecule has 0 saturated carbocycles. The van der Waals surface area contributed by atoms with Gasteiger partial charge in [-0.3, -0.25) is 4.79 Å². The molecule has 0 fully saturated rings. The second-order valence-corrected chi connectivity index (χ2v) is 2.79. The van der Waals surface area contributed by atoms with Gasteiger partial charge in [0.1, 0.15) is 11.9 Å². The number of fused-ring (bicyclic) bond motifs is 1. The molecule has 0 atom stereocenters. The van der Waals surface area contributed by atoms with Crippen LogP contribution in [0.1, 0.15) is 15.9 Å². The normalized spacial score (nSPS) is 10.4. The highest BCUT2D eigenvalue weighted by Gasteiger charge is 2.01. The third-order valence-corrected chi connectivity index (χ3v) is 1.90. The van der Waals surface area contributed by atoms with Gasteiger partial charge in [0, 0.05) is 10.9 Å². The number of carbonyl (C=O) groups is 1. The minimum atomic E-state index is 0.696. The molecule has 0 aliphatic heterocycles. The molecule has 1 aromatic carbocycles. The van der Waals surface area contributed by atoms with E-state index in [1.165, 1.54) is 0 Å². The van der Waals surface area contributed by atoms with Gasteiger partial charge in [-0.05, 0) is 30.7 Å². The molecule has 2 nitrogen and oxygen atoms in total. The Kier molecular flexibility index (Phi) is 1.47. The van der Waals surface area contributed by atoms with Crippen molar-refractivity contribution in [2.24, 2.45) is 0 Å². The van der Waals surface area contributed by atoms with Crippen LogP contribution in [0.5, 0.6) is 0 Å². The lowest BCUT2D eigenvalue weighted by Crippen LogP contribution is -1.81. The van der Waals surface area contributed by atoms with Crippen LogP contribution in [-0.4, -0.2) is 6.29 Å². The Balaban J connectivity index is 2.83. The summed E-state index contributed by atoms with van der Waals surface area (Å²) >= 11 is 0. The van der Waals surface area contributed by atoms with Crippen LogP contribution in [0.2, 0.25) is 0 Å². The molecule has 0 N–H and O–H groups in total. The molecule has 0 unspecified atom stereocenters. The zero-order valence-electron chi connectivity index (χ0n) is 6.70. The van der Waals surface area contributed by atoms with E-state index in [1.54, 1.807) is 6.26 Å². The molecule has 1 aromatic heterocycles. The summed E-state index contributed by atoms with van der Waals surface area (Å²) in [5.41, 5.74) is 2.56. The highest BCUT2D eigenvalue weighted by molar-refractivity contribution is 5.88. The Morgan fingerprint density at radius 3 is 3.00 bits per heavy atom. The van der Waals surface area contributed by atoms with Crippen molar-refractivity contribution in [2.45, 2.75) is 6.92 Å². The lowest BCUT2D eigenvalue weighted by atomic mass is 10.1. The fraction of sp³-hybridized carbons (Fsp3) is 0.100. The summed E-state index contributed by atoms with van der Waals surface area (Å²) in [6, 6.07) is 5.49. The van der Waals surface area contributed by atoms with Crippen LogP contribution >= 0.6 is 0 Å². The summed E-state index contributed by atoms with van der Waals surface area (Å²) in [7, 11) is 0. The SMILES string of the molecule is Cc1cc(C=O)cc2ccoc12. The van der Waals surface area contributed by atoms with E-state index < -0.39 is 0 Å². The molecule has 60 valence electrons. The van der Waals surface area contributed by atoms with Crippen molar-refractivity contribution in [3.8, 4) is 0 Å². The molecule has 2 heteroatoms. The van der Waals surface area contributed by atoms with Crippen molar-refractivity contribution in [2.75, 3.05) is 0 Å². The van der Waals surface area contributed by atoms with E-state index in [0.717, 1.165) is 22.8 Å². The summed E-state index contributed by atoms with van der Waals surface area (Å²) in [6.07, 6.45) is 2.48. The molecule has 0 radical (unpaired) electrons. The van der Waals surface area contributed by atoms with Crippen molar-refractivity contribution in [1.82, 2.24) is 0 Å². The molecule has 1 heterocycles. The number of hydrogen-bond donors (Lipinski definition) is 0. The first-order valence-electron chi connectivity index (χ1n) is 3.74. The molecule has 2 rings (SSSR count). The maximum Gasteiger partial charge on any atom is 0.150 e. The van der Waals surface area contributed by atoms with Gasteiger partial charge in [0.2, 0.25) is 0 Å². The highest BCUT2D eigenvalue weighted by atomic mass is 16.3. The number of carbonyl (C=O) groups excluding carboxylic acids is 1. The Morgan fingerprint density at radius 1 is 1.42 bits per heavy atom. The summed E-state index contributed by atoms with van der Waals surface area (Å²) in [5, 5.41) is 0.983. The molecule has 12 heavy (non-hydrogen) atoms. The molecular formula is C10H8O2. The number of aldehydes is 1. The highest BCUT2D eigenvalue weighted by Crippen LogP contribution is 2.20. The second-order valence-electron chi connectivity index (χ2n) is 2.79. The lowest BCUT2D eigenvalue weighted by Gasteiger charge is -1.95. The first-order chi connectivity index (χ1) is 5.81. The monoisotopic (exact) mass is 160 g/mol. The van der Waals surface area contributed by atoms with E-state index in [2.05, 4.69) is 0 Å². The van der Waals surface area contributed by atoms with Crippen LogP contribution < -0.4 is 0 Å². The van der Waals surface area contributed by atoms with E-state index in [0.29, 0.717) is 5.56 Å². The molecule has 2 aromatic rings. The largest absolute Gasteiger partial charge is 0.464 e. The molecular weight excluding hydrogens is 152 g/mol. The average molecular weight is 160 g/mol. The number of hydrogen-bond acceptors (Lipinski definition) is 2. The van der Waals surface area contributed by atoms with Gasteiger partial charge in [-0.2, -0.15) is 0 Å². The maximum atomic E-state index is 10.5. The molecule has 0 spiro atoms. The van der Waals surface area contributed by atoms with E-state index in [4.69, 9.17) is 4.42 Å². The molecule has 0 aliphatic carbocycles. The molecule has 0 aliphatic rings. The Morgan fingerprint density at radius 2 is 2.25 bits per heavy atom. The van der Waals surface area contributed by atoms with Crippen molar-refractivity contribution in [3.63, 3.8) is 0 Å². The van der Waals surface area contributed by atoms with Gasteiger partial charge >= 0.3 is 0 Å². The van der Waals surface area contributed by atoms with Gasteiger partial charge in [0.15, 0.2) is 0 Å². The van der Waals surface area contributed by atoms with E-state index in [9.17, 15) is 4.79 Å². The topological polar surface area (TPSA) is 30.2 Å². The predicted octanol–water partition coefficient (Wildman–Crippen LogP) is 2.55. The van der Waals surface area contributed by atoms with Crippen LogP contribution in [0, 0.1) is 6.92 Å². The summed E-state index contributed by atoms with van der Waals surface area (Å²) in [5.74, 6) is 0. The van der Waals surface area contributed by atoms with E-state index in [1.807, 2.05) is 25.1 Å². The third kappa shape index (κ3) is 0.925. The van der Waals surface area contributed by atoms with Crippen molar-refractivity contribution < 1.29 is 9.21 Å². The first kappa shape index (κ1) is 7.10. The maximum absolute atomic E-state index is 10.5. The molecule has 0 amide bonds. The molecule has 0 saturated heterocycles. The minimum absolute atomic E-state index is 0.696. The summed E-state index contributed by atoms with van der Waals surface area (Å²) in [4.78, 5) is 10.5. The Hall–Kier alpha value is -1.57. The zero-order chi connectivity index (χ0) is 8.55. The van der Waals surface area contributed by atoms with Crippen LogP contribution in [0.4, 0.5) is 0 Å². The summed E-state index contributed by atoms with van der Waals surface area (Å²) in [6.45, 7) is 1.93. The number of furan rings is 1. The third-order valence-electron chi connectivity index (χ3n) is 1.90. The fourth-order valence-corrected chi connectivity index (χ4v) is 1.36. The number of aryl methyl sites for hydroxylation is 1. The first-order valence-corrected chi connectivity index (χ1v) is 3.74. The fourth-order valence-electron chi connectivity index (χ4n) is 1.36. The van der Waals surface area contributed by atoms with Gasteiger partial charge in [0.05, 0.1) is 6.26 Å². The lowest BCUT2D eigenvalue weighted by molar-refractivity contribution is 0.112. The smallest absolute Gasteiger partial charge is 0.150 e. The van der Waals surface area contributed by atoms with Crippen LogP contribution in [-0.2, 0) is 0 Å². The summed E-state index contributed by atoms with van der Waals surface area (Å²) < 4.78 is 5.23. The van der Waals surface area contributed by atoms with Crippen molar-refractivity contribution in [1.29, 1.82) is 0 Å². The van der Waals surface area contributed by atoms with E-state index in [-0.39, 0.29) is 0 Å². The van der Waals surface area contributed by atoms with E-state index >= 15 is 0 Å². The van der Waals surface area contributed by atoms with Gasteiger partial charge < -0.3 is 4.42 Å². The quantitative estimate of drug-likeness (QED) is 0.600. The van der Waals surface area contributed by atoms with Crippen LogP contribution in [0.3, 0.4) is 0 Å². The van der Waals surface area contributed by atoms with Gasteiger partial charge in [-0.25, -0.2) is 0 Å². The van der Waals surface area contributed by atoms with Gasteiger partial charge in [-0.1, -0.05) is 0 Å². The zero-order valence-corrected chi connectivity index (χ0v) is 6.70. The van der Waals surface area contributed by atoms with Crippen LogP contribution in [0.25, 0.3) is 11.0 Å². The number of rotatable bonds is 1. The molecule has 0 bridgehead atoms. The minimum Gasteiger partial charge on any atom is -0.464 e. The second kappa shape index (κ2) is 2.48. The Bertz CT molecular complexity index is 426. The average Bonchev–Trinajstić information content (AvgIpc) is 2.52. The number of benzene rings is 1. The van der Waals surface area contributed by atoms with Gasteiger partial charge in [-0.15, -0.1) is 0 Å². The van der Waals surface area contributed by atoms with Crippen molar-refractivity contribution >= 4 is 17.3 Å². The standard InChI is InChI=1S/C10H8O2/c1-7-4-8(6-11)5-9-2-3-12-10(7)9/h2-6H,1H3. The van der Waals surface area contributed by atoms with Crippen LogP contribution in [0.15, 0.2) is 28.9 Å². The van der Waals surface area contributed by atoms with Crippen molar-refractivity contribution in [3.05, 3.63) is 35.6 Å². The Labute approximate surface area is 69.8 Å². The predicted molar refractivity (Wildman–Crippen MR) is 46.3 cm³/mol. The van der Waals surface area contributed by atoms with Gasteiger partial charge in [0.25, 0.3) is 0 Å².